The van der Waals surface area contributed by atoms with Crippen molar-refractivity contribution in [2.24, 2.45) is 0 Å². The number of anilines is 1. The van der Waals surface area contributed by atoms with Gasteiger partial charge >= 0.3 is 5.97 Å². The van der Waals surface area contributed by atoms with Gasteiger partial charge in [-0.3, -0.25) is 9.20 Å². The van der Waals surface area contributed by atoms with Crippen molar-refractivity contribution < 1.29 is 14.3 Å². The predicted octanol–water partition coefficient (Wildman–Crippen LogP) is 4.79. The van der Waals surface area contributed by atoms with Crippen LogP contribution >= 0.6 is 15.9 Å². The highest BCUT2D eigenvalue weighted by molar-refractivity contribution is 9.10. The summed E-state index contributed by atoms with van der Waals surface area (Å²) >= 11 is 3.48. The molecule has 0 aliphatic heterocycles. The third kappa shape index (κ3) is 4.09. The minimum absolute atomic E-state index is 0.247. The van der Waals surface area contributed by atoms with Gasteiger partial charge in [0, 0.05) is 16.4 Å². The molecule has 0 aliphatic rings. The number of hydrogen-bond acceptors (Lipinski definition) is 4. The van der Waals surface area contributed by atoms with E-state index in [-0.39, 0.29) is 11.9 Å². The lowest BCUT2D eigenvalue weighted by molar-refractivity contribution is 0.0505. The summed E-state index contributed by atoms with van der Waals surface area (Å²) in [6.07, 6.45) is 3.26. The third-order valence-corrected chi connectivity index (χ3v) is 4.74. The van der Waals surface area contributed by atoms with E-state index in [9.17, 15) is 9.59 Å². The normalized spacial score (nSPS) is 10.9. The van der Waals surface area contributed by atoms with Crippen molar-refractivity contribution in [2.75, 3.05) is 11.9 Å². The molecule has 6 nitrogen and oxygen atoms in total. The van der Waals surface area contributed by atoms with Crippen molar-refractivity contribution in [3.8, 4) is 0 Å². The average Bonchev–Trinajstić information content (AvgIpc) is 3.05. The predicted molar refractivity (Wildman–Crippen MR) is 112 cm³/mol. The molecule has 146 valence electrons. The number of ether oxygens (including phenoxy) is 1. The van der Waals surface area contributed by atoms with E-state index >= 15 is 0 Å². The second kappa shape index (κ2) is 8.56. The first-order chi connectivity index (χ1) is 13.4. The van der Waals surface area contributed by atoms with E-state index in [4.69, 9.17) is 4.74 Å². The number of nitrogens with one attached hydrogen (secondary N) is 1. The number of fused-ring (bicyclic) bond motifs is 1. The van der Waals surface area contributed by atoms with Crippen LogP contribution in [-0.2, 0) is 11.2 Å². The Hall–Kier alpha value is -2.67. The van der Waals surface area contributed by atoms with E-state index in [0.717, 1.165) is 27.8 Å². The number of carbonyl (C=O) groups excluding carboxylic acids is 2. The van der Waals surface area contributed by atoms with Gasteiger partial charge in [-0.25, -0.2) is 9.78 Å². The molecule has 2 aromatic heterocycles. The quantitative estimate of drug-likeness (QED) is 0.555. The Balaban J connectivity index is 1.86. The third-order valence-electron chi connectivity index (χ3n) is 4.31. The van der Waals surface area contributed by atoms with Crippen LogP contribution in [0.2, 0.25) is 0 Å². The van der Waals surface area contributed by atoms with Gasteiger partial charge in [0.1, 0.15) is 11.3 Å². The summed E-state index contributed by atoms with van der Waals surface area (Å²) in [6, 6.07) is 8.64. The minimum Gasteiger partial charge on any atom is -0.462 e. The number of imidazole rings is 1. The molecule has 1 amide bonds. The van der Waals surface area contributed by atoms with Crippen LogP contribution in [0.3, 0.4) is 0 Å². The molecule has 2 heterocycles. The number of rotatable bonds is 6. The van der Waals surface area contributed by atoms with E-state index in [2.05, 4.69) is 26.2 Å². The van der Waals surface area contributed by atoms with E-state index < -0.39 is 0 Å². The van der Waals surface area contributed by atoms with Gasteiger partial charge in [-0.2, -0.15) is 0 Å². The number of benzene rings is 1. The molecule has 0 unspecified atom stereocenters. The molecular formula is C21H22BrN3O3. The summed E-state index contributed by atoms with van der Waals surface area (Å²) in [5, 5.41) is 2.89. The van der Waals surface area contributed by atoms with Crippen LogP contribution in [0.25, 0.3) is 5.65 Å². The van der Waals surface area contributed by atoms with Crippen molar-refractivity contribution in [1.29, 1.82) is 0 Å². The van der Waals surface area contributed by atoms with Crippen LogP contribution in [0.15, 0.2) is 41.0 Å². The Labute approximate surface area is 172 Å². The van der Waals surface area contributed by atoms with Gasteiger partial charge in [0.15, 0.2) is 0 Å². The number of nitrogens with zero attached hydrogens (tertiary/aromatic N) is 2. The zero-order chi connectivity index (χ0) is 20.3. The number of pyridine rings is 1. The smallest absolute Gasteiger partial charge is 0.338 e. The van der Waals surface area contributed by atoms with E-state index in [1.807, 2.05) is 37.4 Å². The molecular weight excluding hydrogens is 422 g/mol. The van der Waals surface area contributed by atoms with Crippen LogP contribution < -0.4 is 5.32 Å². The number of aryl methyl sites for hydroxylation is 2. The summed E-state index contributed by atoms with van der Waals surface area (Å²) in [6.45, 7) is 6.27. The monoisotopic (exact) mass is 443 g/mol. The maximum absolute atomic E-state index is 13.0. The molecule has 7 heteroatoms. The Morgan fingerprint density at radius 1 is 1.21 bits per heavy atom. The summed E-state index contributed by atoms with van der Waals surface area (Å²) in [5.74, 6) is -0.613. The van der Waals surface area contributed by atoms with Crippen LogP contribution in [0.5, 0.6) is 0 Å². The lowest BCUT2D eigenvalue weighted by atomic mass is 10.2. The Bertz CT molecular complexity index is 1030. The largest absolute Gasteiger partial charge is 0.462 e. The summed E-state index contributed by atoms with van der Waals surface area (Å²) < 4.78 is 7.80. The lowest BCUT2D eigenvalue weighted by Gasteiger charge is -2.08. The number of hydrogen-bond donors (Lipinski definition) is 1. The standard InChI is InChI=1S/C21H22BrN3O3/c1-4-10-28-21(27)14-6-8-16(9-7-14)23-20(26)18-17(5-2)24-19-13(3)11-15(22)12-25(18)19/h6-9,11-12H,4-5,10H2,1-3H3,(H,23,26). The second-order valence-electron chi connectivity index (χ2n) is 6.46. The Kier molecular flexibility index (Phi) is 6.14. The molecule has 1 aromatic carbocycles. The number of halogens is 1. The molecule has 3 aromatic rings. The molecule has 0 bridgehead atoms. The number of esters is 1. The summed E-state index contributed by atoms with van der Waals surface area (Å²) in [5.41, 5.74) is 4.04. The maximum atomic E-state index is 13.0. The van der Waals surface area contributed by atoms with Gasteiger partial charge in [-0.15, -0.1) is 0 Å². The molecule has 0 radical (unpaired) electrons. The van der Waals surface area contributed by atoms with Crippen molar-refractivity contribution in [3.05, 3.63) is 63.5 Å². The number of carbonyl (C=O) groups is 2. The van der Waals surface area contributed by atoms with Crippen LogP contribution in [-0.4, -0.2) is 27.9 Å². The second-order valence-corrected chi connectivity index (χ2v) is 7.38. The fourth-order valence-corrected chi connectivity index (χ4v) is 3.51. The van der Waals surface area contributed by atoms with Gasteiger partial charge in [0.2, 0.25) is 0 Å². The average molecular weight is 444 g/mol. The van der Waals surface area contributed by atoms with Gasteiger partial charge in [-0.1, -0.05) is 13.8 Å². The van der Waals surface area contributed by atoms with Crippen LogP contribution in [0.1, 0.15) is 52.4 Å². The summed E-state index contributed by atoms with van der Waals surface area (Å²) in [7, 11) is 0. The SMILES string of the molecule is CCCOC(=O)c1ccc(NC(=O)c2c(CC)nc3c(C)cc(Br)cn23)cc1. The lowest BCUT2D eigenvalue weighted by Crippen LogP contribution is -2.16. The zero-order valence-electron chi connectivity index (χ0n) is 16.1. The Morgan fingerprint density at radius 2 is 1.93 bits per heavy atom. The van der Waals surface area contributed by atoms with E-state index in [0.29, 0.717) is 30.0 Å². The number of amides is 1. The van der Waals surface area contributed by atoms with Crippen molar-refractivity contribution in [2.45, 2.75) is 33.6 Å². The molecule has 1 N–H and O–H groups in total. The molecule has 0 spiro atoms. The highest BCUT2D eigenvalue weighted by Gasteiger charge is 2.20. The topological polar surface area (TPSA) is 72.7 Å². The zero-order valence-corrected chi connectivity index (χ0v) is 17.7. The minimum atomic E-state index is -0.366. The molecule has 0 fully saturated rings. The maximum Gasteiger partial charge on any atom is 0.338 e. The molecule has 0 saturated heterocycles. The molecule has 0 atom stereocenters. The van der Waals surface area contributed by atoms with Crippen molar-refractivity contribution in [3.63, 3.8) is 0 Å². The van der Waals surface area contributed by atoms with E-state index in [1.54, 1.807) is 24.3 Å². The van der Waals surface area contributed by atoms with Gasteiger partial charge < -0.3 is 10.1 Å². The van der Waals surface area contributed by atoms with Gasteiger partial charge in [0.25, 0.3) is 5.91 Å². The number of aromatic nitrogens is 2. The van der Waals surface area contributed by atoms with Gasteiger partial charge in [0.05, 0.1) is 17.9 Å². The first-order valence-electron chi connectivity index (χ1n) is 9.20. The highest BCUT2D eigenvalue weighted by Crippen LogP contribution is 2.22. The molecule has 28 heavy (non-hydrogen) atoms. The summed E-state index contributed by atoms with van der Waals surface area (Å²) in [4.78, 5) is 29.5. The van der Waals surface area contributed by atoms with E-state index in [1.165, 1.54) is 0 Å². The van der Waals surface area contributed by atoms with Crippen molar-refractivity contribution in [1.82, 2.24) is 9.38 Å². The molecule has 0 saturated carbocycles. The van der Waals surface area contributed by atoms with Crippen LogP contribution in [0.4, 0.5) is 5.69 Å². The molecule has 0 aliphatic carbocycles. The fraction of sp³-hybridized carbons (Fsp3) is 0.286. The fourth-order valence-electron chi connectivity index (χ4n) is 2.96. The van der Waals surface area contributed by atoms with Crippen LogP contribution in [0, 0.1) is 6.92 Å². The van der Waals surface area contributed by atoms with Crippen molar-refractivity contribution >= 4 is 39.1 Å². The first kappa shape index (κ1) is 20.1. The Morgan fingerprint density at radius 3 is 2.57 bits per heavy atom. The highest BCUT2D eigenvalue weighted by atomic mass is 79.9. The molecule has 3 rings (SSSR count). The first-order valence-corrected chi connectivity index (χ1v) is 9.99. The van der Waals surface area contributed by atoms with Gasteiger partial charge in [-0.05, 0) is 71.6 Å².